The van der Waals surface area contributed by atoms with E-state index in [4.69, 9.17) is 4.74 Å². The predicted octanol–water partition coefficient (Wildman–Crippen LogP) is 4.34. The van der Waals surface area contributed by atoms with Crippen molar-refractivity contribution in [1.29, 1.82) is 0 Å². The van der Waals surface area contributed by atoms with Crippen LogP contribution in [0.25, 0.3) is 11.4 Å². The number of rotatable bonds is 7. The number of ether oxygens (including phenoxy) is 1. The fourth-order valence-electron chi connectivity index (χ4n) is 2.66. The molecule has 0 spiro atoms. The molecule has 6 heteroatoms. The van der Waals surface area contributed by atoms with Crippen LogP contribution in [0.1, 0.15) is 24.2 Å². The molecule has 1 heterocycles. The summed E-state index contributed by atoms with van der Waals surface area (Å²) < 4.78 is 7.23. The average Bonchev–Trinajstić information content (AvgIpc) is 3.10. The van der Waals surface area contributed by atoms with Gasteiger partial charge >= 0.3 is 0 Å². The van der Waals surface area contributed by atoms with Crippen LogP contribution >= 0.6 is 11.8 Å². The summed E-state index contributed by atoms with van der Waals surface area (Å²) in [5, 5.41) is 9.16. The van der Waals surface area contributed by atoms with Crippen molar-refractivity contribution in [1.82, 2.24) is 14.8 Å². The summed E-state index contributed by atoms with van der Waals surface area (Å²) in [7, 11) is 1.64. The normalized spacial score (nSPS) is 12.0. The largest absolute Gasteiger partial charge is 0.497 e. The molecule has 0 aliphatic heterocycles. The molecular formula is C20H21N3O2S. The first kappa shape index (κ1) is 18.2. The van der Waals surface area contributed by atoms with Gasteiger partial charge in [0.1, 0.15) is 5.75 Å². The molecule has 134 valence electrons. The maximum absolute atomic E-state index is 12.6. The first-order valence-electron chi connectivity index (χ1n) is 8.47. The molecule has 0 aliphatic carbocycles. The lowest BCUT2D eigenvalue weighted by Crippen LogP contribution is -2.14. The van der Waals surface area contributed by atoms with Crippen molar-refractivity contribution in [3.8, 4) is 17.1 Å². The first-order valence-corrected chi connectivity index (χ1v) is 9.35. The maximum Gasteiger partial charge on any atom is 0.192 e. The summed E-state index contributed by atoms with van der Waals surface area (Å²) in [5.41, 5.74) is 1.68. The SMILES string of the molecule is CCn1c(SC(C)C(=O)c2ccccc2)nnc1-c1ccc(OC)cc1. The van der Waals surface area contributed by atoms with Crippen molar-refractivity contribution < 1.29 is 9.53 Å². The van der Waals surface area contributed by atoms with Crippen LogP contribution in [-0.4, -0.2) is 32.9 Å². The van der Waals surface area contributed by atoms with Gasteiger partial charge in [-0.25, -0.2) is 0 Å². The number of Topliss-reactive ketones (excluding diaryl/α,β-unsaturated/α-hetero) is 1. The smallest absolute Gasteiger partial charge is 0.192 e. The molecule has 0 saturated heterocycles. The van der Waals surface area contributed by atoms with Crippen molar-refractivity contribution >= 4 is 17.5 Å². The van der Waals surface area contributed by atoms with Crippen LogP contribution in [0.5, 0.6) is 5.75 Å². The minimum Gasteiger partial charge on any atom is -0.497 e. The van der Waals surface area contributed by atoms with E-state index in [2.05, 4.69) is 10.2 Å². The van der Waals surface area contributed by atoms with E-state index >= 15 is 0 Å². The molecule has 26 heavy (non-hydrogen) atoms. The van der Waals surface area contributed by atoms with E-state index in [0.717, 1.165) is 28.8 Å². The summed E-state index contributed by atoms with van der Waals surface area (Å²) in [6.45, 7) is 4.68. The topological polar surface area (TPSA) is 57.0 Å². The molecule has 0 amide bonds. The van der Waals surface area contributed by atoms with Crippen molar-refractivity contribution in [2.75, 3.05) is 7.11 Å². The summed E-state index contributed by atoms with van der Waals surface area (Å²) in [4.78, 5) is 12.6. The number of nitrogens with zero attached hydrogens (tertiary/aromatic N) is 3. The van der Waals surface area contributed by atoms with Gasteiger partial charge in [-0.3, -0.25) is 4.79 Å². The zero-order valence-corrected chi connectivity index (χ0v) is 15.9. The fraction of sp³-hybridized carbons (Fsp3) is 0.250. The van der Waals surface area contributed by atoms with E-state index in [1.54, 1.807) is 7.11 Å². The minimum atomic E-state index is -0.240. The lowest BCUT2D eigenvalue weighted by Gasteiger charge is -2.12. The van der Waals surface area contributed by atoms with Gasteiger partial charge in [0.25, 0.3) is 0 Å². The first-order chi connectivity index (χ1) is 12.6. The molecule has 2 aromatic carbocycles. The summed E-state index contributed by atoms with van der Waals surface area (Å²) in [6, 6.07) is 17.1. The lowest BCUT2D eigenvalue weighted by atomic mass is 10.1. The highest BCUT2D eigenvalue weighted by atomic mass is 32.2. The second-order valence-electron chi connectivity index (χ2n) is 5.77. The Hall–Kier alpha value is -2.60. The molecule has 0 radical (unpaired) electrons. The van der Waals surface area contributed by atoms with E-state index in [-0.39, 0.29) is 11.0 Å². The predicted molar refractivity (Wildman–Crippen MR) is 104 cm³/mol. The van der Waals surface area contributed by atoms with E-state index in [1.165, 1.54) is 11.8 Å². The number of hydrogen-bond acceptors (Lipinski definition) is 5. The minimum absolute atomic E-state index is 0.0900. The third-order valence-electron chi connectivity index (χ3n) is 4.09. The van der Waals surface area contributed by atoms with Gasteiger partial charge in [0.2, 0.25) is 0 Å². The van der Waals surface area contributed by atoms with Gasteiger partial charge in [-0.05, 0) is 38.1 Å². The average molecular weight is 367 g/mol. The Bertz CT molecular complexity index is 876. The standard InChI is InChI=1S/C20H21N3O2S/c1-4-23-19(16-10-12-17(25-3)13-11-16)21-22-20(23)26-14(2)18(24)15-8-6-5-7-9-15/h5-14H,4H2,1-3H3. The van der Waals surface area contributed by atoms with E-state index < -0.39 is 0 Å². The molecule has 3 rings (SSSR count). The lowest BCUT2D eigenvalue weighted by molar-refractivity contribution is 0.0994. The van der Waals surface area contributed by atoms with Crippen LogP contribution in [0.4, 0.5) is 0 Å². The zero-order valence-electron chi connectivity index (χ0n) is 15.0. The fourth-order valence-corrected chi connectivity index (χ4v) is 3.65. The molecule has 3 aromatic rings. The number of aromatic nitrogens is 3. The number of ketones is 1. The molecule has 1 atom stereocenters. The molecule has 1 unspecified atom stereocenters. The van der Waals surface area contributed by atoms with Gasteiger partial charge in [-0.1, -0.05) is 42.1 Å². The Balaban J connectivity index is 1.82. The van der Waals surface area contributed by atoms with Crippen molar-refractivity contribution in [3.63, 3.8) is 0 Å². The van der Waals surface area contributed by atoms with Gasteiger partial charge in [0.05, 0.1) is 12.4 Å². The number of hydrogen-bond donors (Lipinski definition) is 0. The van der Waals surface area contributed by atoms with Crippen LogP contribution in [0.3, 0.4) is 0 Å². The number of methoxy groups -OCH3 is 1. The third kappa shape index (κ3) is 3.80. The van der Waals surface area contributed by atoms with Gasteiger partial charge in [-0.15, -0.1) is 10.2 Å². The number of benzene rings is 2. The number of thioether (sulfide) groups is 1. The van der Waals surface area contributed by atoms with Gasteiger partial charge in [-0.2, -0.15) is 0 Å². The van der Waals surface area contributed by atoms with E-state index in [0.29, 0.717) is 5.56 Å². The Morgan fingerprint density at radius 1 is 1.12 bits per heavy atom. The van der Waals surface area contributed by atoms with E-state index in [9.17, 15) is 4.79 Å². The van der Waals surface area contributed by atoms with Crippen LogP contribution in [-0.2, 0) is 6.54 Å². The maximum atomic E-state index is 12.6. The monoisotopic (exact) mass is 367 g/mol. The molecule has 0 N–H and O–H groups in total. The van der Waals surface area contributed by atoms with Crippen LogP contribution in [0, 0.1) is 0 Å². The Morgan fingerprint density at radius 2 is 1.81 bits per heavy atom. The van der Waals surface area contributed by atoms with Crippen LogP contribution in [0.2, 0.25) is 0 Å². The molecule has 0 saturated carbocycles. The number of carbonyl (C=O) groups excluding carboxylic acids is 1. The van der Waals surface area contributed by atoms with Crippen LogP contribution < -0.4 is 4.74 Å². The molecule has 0 bridgehead atoms. The van der Waals surface area contributed by atoms with E-state index in [1.807, 2.05) is 73.0 Å². The second-order valence-corrected chi connectivity index (χ2v) is 7.08. The summed E-state index contributed by atoms with van der Waals surface area (Å²) in [5.74, 6) is 1.68. The summed E-state index contributed by atoms with van der Waals surface area (Å²) >= 11 is 1.44. The molecular weight excluding hydrogens is 346 g/mol. The van der Waals surface area contributed by atoms with Gasteiger partial charge in [0.15, 0.2) is 16.8 Å². The second kappa shape index (κ2) is 8.19. The number of carbonyl (C=O) groups is 1. The highest BCUT2D eigenvalue weighted by Crippen LogP contribution is 2.29. The van der Waals surface area contributed by atoms with Gasteiger partial charge in [0, 0.05) is 17.7 Å². The zero-order chi connectivity index (χ0) is 18.5. The Kier molecular flexibility index (Phi) is 5.73. The van der Waals surface area contributed by atoms with Crippen molar-refractivity contribution in [2.45, 2.75) is 30.8 Å². The quantitative estimate of drug-likeness (QED) is 0.459. The highest BCUT2D eigenvalue weighted by molar-refractivity contribution is 8.00. The molecule has 1 aromatic heterocycles. The third-order valence-corrected chi connectivity index (χ3v) is 5.17. The Morgan fingerprint density at radius 3 is 2.42 bits per heavy atom. The summed E-state index contributed by atoms with van der Waals surface area (Å²) in [6.07, 6.45) is 0. The highest BCUT2D eigenvalue weighted by Gasteiger charge is 2.21. The van der Waals surface area contributed by atoms with Crippen LogP contribution in [0.15, 0.2) is 59.8 Å². The van der Waals surface area contributed by atoms with Crippen molar-refractivity contribution in [3.05, 3.63) is 60.2 Å². The molecule has 5 nitrogen and oxygen atoms in total. The molecule has 0 fully saturated rings. The van der Waals surface area contributed by atoms with Crippen molar-refractivity contribution in [2.24, 2.45) is 0 Å². The van der Waals surface area contributed by atoms with Gasteiger partial charge < -0.3 is 9.30 Å². The Labute approximate surface area is 157 Å². The molecule has 0 aliphatic rings.